The fourth-order valence-electron chi connectivity index (χ4n) is 2.80. The number of anilines is 1. The van der Waals surface area contributed by atoms with Crippen LogP contribution in [0.25, 0.3) is 0 Å². The van der Waals surface area contributed by atoms with Crippen molar-refractivity contribution in [3.8, 4) is 0 Å². The van der Waals surface area contributed by atoms with Crippen LogP contribution in [0.4, 0.5) is 10.1 Å². The van der Waals surface area contributed by atoms with Crippen molar-refractivity contribution < 1.29 is 4.39 Å². The molecule has 1 aromatic rings. The molecule has 0 aromatic heterocycles. The molecule has 1 fully saturated rings. The molecule has 0 amide bonds. The number of hydrogen-bond acceptors (Lipinski definition) is 2. The Hall–Kier alpha value is -0.610. The molecule has 0 saturated heterocycles. The van der Waals surface area contributed by atoms with Crippen molar-refractivity contribution in [2.75, 3.05) is 11.4 Å². The van der Waals surface area contributed by atoms with E-state index < -0.39 is 0 Å². The van der Waals surface area contributed by atoms with Gasteiger partial charge in [0.2, 0.25) is 0 Å². The highest BCUT2D eigenvalue weighted by atomic mass is 79.9. The van der Waals surface area contributed by atoms with Gasteiger partial charge in [-0.15, -0.1) is 0 Å². The number of hydrogen-bond donors (Lipinski definition) is 1. The Morgan fingerprint density at radius 1 is 1.39 bits per heavy atom. The summed E-state index contributed by atoms with van der Waals surface area (Å²) in [5.74, 6) is -0.174. The topological polar surface area (TPSA) is 29.3 Å². The molecule has 1 aromatic carbocycles. The van der Waals surface area contributed by atoms with Gasteiger partial charge in [0, 0.05) is 19.1 Å². The fraction of sp³-hybridized carbons (Fsp3) is 0.571. The van der Waals surface area contributed by atoms with Gasteiger partial charge in [-0.2, -0.15) is 0 Å². The average molecular weight is 315 g/mol. The molecular weight excluding hydrogens is 295 g/mol. The molecule has 2 rings (SSSR count). The number of benzene rings is 1. The predicted octanol–water partition coefficient (Wildman–Crippen LogP) is 3.82. The van der Waals surface area contributed by atoms with Gasteiger partial charge in [0.1, 0.15) is 0 Å². The zero-order valence-corrected chi connectivity index (χ0v) is 12.3. The number of nitrogens with two attached hydrogens (primary N) is 1. The molecule has 1 aliphatic carbocycles. The van der Waals surface area contributed by atoms with E-state index in [2.05, 4.69) is 27.8 Å². The molecule has 0 unspecified atom stereocenters. The van der Waals surface area contributed by atoms with E-state index in [0.717, 1.165) is 12.1 Å². The van der Waals surface area contributed by atoms with Crippen molar-refractivity contribution in [2.24, 2.45) is 5.73 Å². The molecule has 0 spiro atoms. The van der Waals surface area contributed by atoms with Crippen LogP contribution in [-0.2, 0) is 6.54 Å². The van der Waals surface area contributed by atoms with Crippen LogP contribution in [0.2, 0.25) is 0 Å². The maximum Gasteiger partial charge on any atom is 0.160 e. The SMILES string of the molecule is CCN(c1ccc(CN)c(Br)c1F)C1CCCC1. The van der Waals surface area contributed by atoms with Gasteiger partial charge in [0.15, 0.2) is 5.82 Å². The first-order valence-electron chi connectivity index (χ1n) is 6.62. The molecule has 2 nitrogen and oxygen atoms in total. The summed E-state index contributed by atoms with van der Waals surface area (Å²) in [6.07, 6.45) is 4.85. The summed E-state index contributed by atoms with van der Waals surface area (Å²) in [7, 11) is 0. The Kier molecular flexibility index (Phi) is 4.62. The van der Waals surface area contributed by atoms with Crippen molar-refractivity contribution in [3.05, 3.63) is 28.0 Å². The third kappa shape index (κ3) is 2.54. The second-order valence-electron chi connectivity index (χ2n) is 4.80. The highest BCUT2D eigenvalue weighted by molar-refractivity contribution is 9.10. The minimum atomic E-state index is -0.174. The quantitative estimate of drug-likeness (QED) is 0.915. The molecule has 18 heavy (non-hydrogen) atoms. The van der Waals surface area contributed by atoms with Gasteiger partial charge in [-0.1, -0.05) is 18.9 Å². The van der Waals surface area contributed by atoms with Gasteiger partial charge in [0.25, 0.3) is 0 Å². The second-order valence-corrected chi connectivity index (χ2v) is 5.59. The minimum absolute atomic E-state index is 0.174. The van der Waals surface area contributed by atoms with Crippen LogP contribution < -0.4 is 10.6 Å². The minimum Gasteiger partial charge on any atom is -0.366 e. The van der Waals surface area contributed by atoms with Crippen molar-refractivity contribution >= 4 is 21.6 Å². The average Bonchev–Trinajstić information content (AvgIpc) is 2.89. The van der Waals surface area contributed by atoms with Gasteiger partial charge in [-0.05, 0) is 47.3 Å². The second kappa shape index (κ2) is 6.02. The van der Waals surface area contributed by atoms with Crippen molar-refractivity contribution in [1.29, 1.82) is 0 Å². The molecule has 0 aliphatic heterocycles. The van der Waals surface area contributed by atoms with Crippen LogP contribution in [0, 0.1) is 5.82 Å². The smallest absolute Gasteiger partial charge is 0.160 e. The third-order valence-corrected chi connectivity index (χ3v) is 4.63. The number of rotatable bonds is 4. The third-order valence-electron chi connectivity index (χ3n) is 3.78. The maximum atomic E-state index is 14.4. The van der Waals surface area contributed by atoms with Crippen LogP contribution >= 0.6 is 15.9 Å². The Morgan fingerprint density at radius 3 is 2.61 bits per heavy atom. The summed E-state index contributed by atoms with van der Waals surface area (Å²) in [6, 6.07) is 4.27. The lowest BCUT2D eigenvalue weighted by atomic mass is 10.1. The van der Waals surface area contributed by atoms with E-state index in [1.165, 1.54) is 25.7 Å². The van der Waals surface area contributed by atoms with Gasteiger partial charge in [-0.3, -0.25) is 0 Å². The van der Waals surface area contributed by atoms with Gasteiger partial charge < -0.3 is 10.6 Å². The van der Waals surface area contributed by atoms with Crippen LogP contribution in [-0.4, -0.2) is 12.6 Å². The molecule has 2 N–H and O–H groups in total. The highest BCUT2D eigenvalue weighted by Gasteiger charge is 2.24. The summed E-state index contributed by atoms with van der Waals surface area (Å²) in [5, 5.41) is 0. The first-order chi connectivity index (χ1) is 8.69. The molecule has 1 saturated carbocycles. The summed E-state index contributed by atoms with van der Waals surface area (Å²) in [4.78, 5) is 2.19. The van der Waals surface area contributed by atoms with E-state index in [9.17, 15) is 4.39 Å². The Morgan fingerprint density at radius 2 is 2.06 bits per heavy atom. The van der Waals surface area contributed by atoms with E-state index in [-0.39, 0.29) is 5.82 Å². The van der Waals surface area contributed by atoms with Crippen LogP contribution in [0.15, 0.2) is 16.6 Å². The molecule has 1 aliphatic rings. The van der Waals surface area contributed by atoms with Gasteiger partial charge >= 0.3 is 0 Å². The molecule has 0 heterocycles. The Balaban J connectivity index is 2.33. The standard InChI is InChI=1S/C14H20BrFN2/c1-2-18(11-5-3-4-6-11)12-8-7-10(9-17)13(15)14(12)16/h7-8,11H,2-6,9,17H2,1H3. The lowest BCUT2D eigenvalue weighted by Crippen LogP contribution is -2.33. The van der Waals surface area contributed by atoms with Crippen LogP contribution in [0.1, 0.15) is 38.2 Å². The fourth-order valence-corrected chi connectivity index (χ4v) is 3.30. The molecule has 0 atom stereocenters. The van der Waals surface area contributed by atoms with Gasteiger partial charge in [0.05, 0.1) is 10.2 Å². The summed E-state index contributed by atoms with van der Waals surface area (Å²) >= 11 is 3.32. The van der Waals surface area contributed by atoms with E-state index >= 15 is 0 Å². The number of nitrogens with zero attached hydrogens (tertiary/aromatic N) is 1. The lowest BCUT2D eigenvalue weighted by Gasteiger charge is -2.30. The molecule has 0 bridgehead atoms. The van der Waals surface area contributed by atoms with Crippen molar-refractivity contribution in [1.82, 2.24) is 0 Å². The zero-order chi connectivity index (χ0) is 13.1. The highest BCUT2D eigenvalue weighted by Crippen LogP contribution is 2.33. The maximum absolute atomic E-state index is 14.4. The normalized spacial score (nSPS) is 16.2. The Bertz CT molecular complexity index is 417. The Labute approximate surface area is 116 Å². The molecule has 0 radical (unpaired) electrons. The predicted molar refractivity (Wildman–Crippen MR) is 77.3 cm³/mol. The molecular formula is C14H20BrFN2. The van der Waals surface area contributed by atoms with E-state index in [0.29, 0.717) is 22.7 Å². The molecule has 4 heteroatoms. The van der Waals surface area contributed by atoms with Gasteiger partial charge in [-0.25, -0.2) is 4.39 Å². The lowest BCUT2D eigenvalue weighted by molar-refractivity contribution is 0.573. The monoisotopic (exact) mass is 314 g/mol. The van der Waals surface area contributed by atoms with E-state index in [1.807, 2.05) is 12.1 Å². The summed E-state index contributed by atoms with van der Waals surface area (Å²) < 4.78 is 14.9. The molecule has 100 valence electrons. The van der Waals surface area contributed by atoms with E-state index in [4.69, 9.17) is 5.73 Å². The van der Waals surface area contributed by atoms with Crippen LogP contribution in [0.3, 0.4) is 0 Å². The largest absolute Gasteiger partial charge is 0.366 e. The summed E-state index contributed by atoms with van der Waals surface area (Å²) in [6.45, 7) is 3.28. The summed E-state index contributed by atoms with van der Waals surface area (Å²) in [5.41, 5.74) is 7.11. The van der Waals surface area contributed by atoms with E-state index in [1.54, 1.807) is 0 Å². The van der Waals surface area contributed by atoms with Crippen LogP contribution in [0.5, 0.6) is 0 Å². The first kappa shape index (κ1) is 13.8. The zero-order valence-electron chi connectivity index (χ0n) is 10.8. The first-order valence-corrected chi connectivity index (χ1v) is 7.42. The van der Waals surface area contributed by atoms with Crippen molar-refractivity contribution in [2.45, 2.75) is 45.2 Å². The van der Waals surface area contributed by atoms with Crippen molar-refractivity contribution in [3.63, 3.8) is 0 Å². The number of halogens is 2.